The van der Waals surface area contributed by atoms with Crippen molar-refractivity contribution in [2.45, 2.75) is 76.4 Å². The molecule has 1 aromatic carbocycles. The number of carboxylic acids is 1. The lowest BCUT2D eigenvalue weighted by Crippen LogP contribution is -2.26. The maximum absolute atomic E-state index is 10.6. The Morgan fingerprint density at radius 3 is 2.62 bits per heavy atom. The van der Waals surface area contributed by atoms with Crippen LogP contribution in [0.4, 0.5) is 0 Å². The van der Waals surface area contributed by atoms with Crippen molar-refractivity contribution in [1.29, 1.82) is 0 Å². The van der Waals surface area contributed by atoms with E-state index in [4.69, 9.17) is 9.84 Å². The van der Waals surface area contributed by atoms with Gasteiger partial charge in [0.05, 0.1) is 12.2 Å². The normalized spacial score (nSPS) is 25.8. The topological polar surface area (TPSA) is 46.5 Å². The van der Waals surface area contributed by atoms with Crippen LogP contribution >= 0.6 is 11.8 Å². The largest absolute Gasteiger partial charge is 0.481 e. The predicted octanol–water partition coefficient (Wildman–Crippen LogP) is 6.13. The lowest BCUT2D eigenvalue weighted by molar-refractivity contribution is -0.137. The van der Waals surface area contributed by atoms with Crippen LogP contribution in [0.3, 0.4) is 0 Å². The van der Waals surface area contributed by atoms with E-state index < -0.39 is 5.97 Å². The van der Waals surface area contributed by atoms with Gasteiger partial charge < -0.3 is 9.84 Å². The van der Waals surface area contributed by atoms with Gasteiger partial charge in [0.2, 0.25) is 0 Å². The molecule has 2 aliphatic heterocycles. The van der Waals surface area contributed by atoms with E-state index in [9.17, 15) is 4.79 Å². The molecule has 0 aliphatic carbocycles. The van der Waals surface area contributed by atoms with Gasteiger partial charge in [-0.3, -0.25) is 4.79 Å². The smallest absolute Gasteiger partial charge is 0.303 e. The third-order valence-electron chi connectivity index (χ3n) is 6.38. The number of hydrogen-bond acceptors (Lipinski definition) is 3. The molecule has 1 N–H and O–H groups in total. The number of carbonyl (C=O) groups is 1. The SMILES string of the molecule is O=C(O)CCCC=CC[C@@H]1[C@H](CCCCSCCc2ccccc2)[C@@H]2CC[C@H]1O2. The highest BCUT2D eigenvalue weighted by Crippen LogP contribution is 2.47. The summed E-state index contributed by atoms with van der Waals surface area (Å²) < 4.78 is 6.23. The quantitative estimate of drug-likeness (QED) is 0.293. The number of unbranched alkanes of at least 4 members (excludes halogenated alkanes) is 2. The fraction of sp³-hybridized carbons (Fsp3) is 0.640. The lowest BCUT2D eigenvalue weighted by Gasteiger charge is -2.27. The molecule has 4 atom stereocenters. The zero-order valence-corrected chi connectivity index (χ0v) is 18.3. The third-order valence-corrected chi connectivity index (χ3v) is 7.45. The minimum atomic E-state index is -0.696. The van der Waals surface area contributed by atoms with Crippen molar-refractivity contribution < 1.29 is 14.6 Å². The first kappa shape index (κ1) is 22.4. The van der Waals surface area contributed by atoms with Crippen molar-refractivity contribution in [2.75, 3.05) is 11.5 Å². The number of carboxylic acid groups (broad SMARTS) is 1. The van der Waals surface area contributed by atoms with E-state index in [2.05, 4.69) is 54.2 Å². The Bertz CT molecular complexity index is 630. The number of hydrogen-bond donors (Lipinski definition) is 1. The van der Waals surface area contributed by atoms with Crippen LogP contribution in [0.25, 0.3) is 0 Å². The molecular formula is C25H36O3S. The molecular weight excluding hydrogens is 380 g/mol. The van der Waals surface area contributed by atoms with Gasteiger partial charge in [-0.05, 0) is 80.3 Å². The summed E-state index contributed by atoms with van der Waals surface area (Å²) in [6.45, 7) is 0. The zero-order valence-electron chi connectivity index (χ0n) is 17.5. The molecule has 0 spiro atoms. The molecule has 4 heteroatoms. The van der Waals surface area contributed by atoms with Gasteiger partial charge in [0, 0.05) is 6.42 Å². The lowest BCUT2D eigenvalue weighted by atomic mass is 9.75. The minimum Gasteiger partial charge on any atom is -0.481 e. The van der Waals surface area contributed by atoms with E-state index in [1.54, 1.807) is 0 Å². The Labute approximate surface area is 180 Å². The van der Waals surface area contributed by atoms with Crippen molar-refractivity contribution in [1.82, 2.24) is 0 Å². The first-order valence-electron chi connectivity index (χ1n) is 11.4. The van der Waals surface area contributed by atoms with E-state index in [0.29, 0.717) is 18.1 Å². The number of benzene rings is 1. The maximum atomic E-state index is 10.6. The Morgan fingerprint density at radius 2 is 1.83 bits per heavy atom. The van der Waals surface area contributed by atoms with Gasteiger partial charge in [0.25, 0.3) is 0 Å². The van der Waals surface area contributed by atoms with Gasteiger partial charge in [0.1, 0.15) is 0 Å². The summed E-state index contributed by atoms with van der Waals surface area (Å²) in [5, 5.41) is 8.71. The minimum absolute atomic E-state index is 0.271. The van der Waals surface area contributed by atoms with Crippen LogP contribution in [0.15, 0.2) is 42.5 Å². The highest BCUT2D eigenvalue weighted by atomic mass is 32.2. The van der Waals surface area contributed by atoms with E-state index in [1.807, 2.05) is 0 Å². The van der Waals surface area contributed by atoms with Crippen LogP contribution < -0.4 is 0 Å². The predicted molar refractivity (Wildman–Crippen MR) is 121 cm³/mol. The van der Waals surface area contributed by atoms with Gasteiger partial charge in [-0.2, -0.15) is 11.8 Å². The van der Waals surface area contributed by atoms with Gasteiger partial charge in [-0.25, -0.2) is 0 Å². The number of thioether (sulfide) groups is 1. The molecule has 1 aromatic rings. The second kappa shape index (κ2) is 12.4. The summed E-state index contributed by atoms with van der Waals surface area (Å²) >= 11 is 2.09. The maximum Gasteiger partial charge on any atom is 0.303 e. The van der Waals surface area contributed by atoms with E-state index in [0.717, 1.165) is 25.2 Å². The molecule has 0 saturated carbocycles. The first-order chi connectivity index (χ1) is 14.2. The Balaban J connectivity index is 1.28. The Morgan fingerprint density at radius 1 is 1.03 bits per heavy atom. The van der Waals surface area contributed by atoms with Gasteiger partial charge in [0.15, 0.2) is 0 Å². The highest BCUT2D eigenvalue weighted by molar-refractivity contribution is 7.99. The van der Waals surface area contributed by atoms with Crippen molar-refractivity contribution in [3.8, 4) is 0 Å². The summed E-state index contributed by atoms with van der Waals surface area (Å²) in [4.78, 5) is 10.6. The molecule has 160 valence electrons. The van der Waals surface area contributed by atoms with Crippen LogP contribution in [0.1, 0.15) is 63.4 Å². The average Bonchev–Trinajstić information content (AvgIpc) is 3.32. The number of aliphatic carboxylic acids is 1. The summed E-state index contributed by atoms with van der Waals surface area (Å²) in [5.74, 6) is 3.19. The molecule has 2 bridgehead atoms. The standard InChI is InChI=1S/C25H36O3S/c26-25(27)14-7-2-1-6-12-21-22(24-16-15-23(21)28-24)13-8-9-18-29-19-17-20-10-4-3-5-11-20/h1,3-6,10-11,21-24H,2,7-9,12-19H2,(H,26,27)/t21-,22+,23-,24+/m1/s1. The second-order valence-electron chi connectivity index (χ2n) is 8.45. The molecule has 2 heterocycles. The average molecular weight is 417 g/mol. The summed E-state index contributed by atoms with van der Waals surface area (Å²) in [6.07, 6.45) is 16.0. The van der Waals surface area contributed by atoms with Gasteiger partial charge >= 0.3 is 5.97 Å². The molecule has 2 fully saturated rings. The van der Waals surface area contributed by atoms with Crippen LogP contribution in [-0.2, 0) is 16.0 Å². The van der Waals surface area contributed by atoms with Crippen molar-refractivity contribution in [2.24, 2.45) is 11.8 Å². The molecule has 3 rings (SSSR count). The number of fused-ring (bicyclic) bond motifs is 2. The fourth-order valence-electron chi connectivity index (χ4n) is 4.86. The van der Waals surface area contributed by atoms with Crippen LogP contribution in [0.2, 0.25) is 0 Å². The van der Waals surface area contributed by atoms with E-state index >= 15 is 0 Å². The van der Waals surface area contributed by atoms with Crippen molar-refractivity contribution in [3.05, 3.63) is 48.0 Å². The number of ether oxygens (including phenoxy) is 1. The summed E-state index contributed by atoms with van der Waals surface area (Å²) in [6, 6.07) is 10.8. The Kier molecular flexibility index (Phi) is 9.62. The molecule has 2 aliphatic rings. The summed E-state index contributed by atoms with van der Waals surface area (Å²) in [5.41, 5.74) is 1.44. The van der Waals surface area contributed by atoms with Crippen molar-refractivity contribution in [3.63, 3.8) is 0 Å². The second-order valence-corrected chi connectivity index (χ2v) is 9.68. The van der Waals surface area contributed by atoms with Gasteiger partial charge in [-0.15, -0.1) is 0 Å². The number of allylic oxidation sites excluding steroid dienone is 2. The molecule has 2 saturated heterocycles. The molecule has 0 unspecified atom stereocenters. The van der Waals surface area contributed by atoms with E-state index in [1.165, 1.54) is 55.6 Å². The molecule has 0 amide bonds. The van der Waals surface area contributed by atoms with Gasteiger partial charge in [-0.1, -0.05) is 48.9 Å². The molecule has 29 heavy (non-hydrogen) atoms. The third kappa shape index (κ3) is 7.49. The highest BCUT2D eigenvalue weighted by Gasteiger charge is 2.47. The molecule has 0 aromatic heterocycles. The fourth-order valence-corrected chi connectivity index (χ4v) is 5.85. The number of aryl methyl sites for hydroxylation is 1. The van der Waals surface area contributed by atoms with Crippen LogP contribution in [0.5, 0.6) is 0 Å². The van der Waals surface area contributed by atoms with Crippen LogP contribution in [-0.4, -0.2) is 34.8 Å². The monoisotopic (exact) mass is 416 g/mol. The Hall–Kier alpha value is -1.26. The van der Waals surface area contributed by atoms with Crippen LogP contribution in [0, 0.1) is 11.8 Å². The number of rotatable bonds is 14. The van der Waals surface area contributed by atoms with Crippen molar-refractivity contribution >= 4 is 17.7 Å². The zero-order chi connectivity index (χ0) is 20.3. The molecule has 3 nitrogen and oxygen atoms in total. The van der Waals surface area contributed by atoms with E-state index in [-0.39, 0.29) is 6.42 Å². The molecule has 0 radical (unpaired) electrons. The first-order valence-corrected chi connectivity index (χ1v) is 12.5. The summed E-state index contributed by atoms with van der Waals surface area (Å²) in [7, 11) is 0.